The Kier molecular flexibility index (Phi) is 5.53. The van der Waals surface area contributed by atoms with Gasteiger partial charge in [-0.1, -0.05) is 42.5 Å². The fourth-order valence-corrected chi connectivity index (χ4v) is 5.88. The molecule has 7 nitrogen and oxygen atoms in total. The van der Waals surface area contributed by atoms with E-state index in [2.05, 4.69) is 22.2 Å². The van der Waals surface area contributed by atoms with Crippen molar-refractivity contribution in [1.29, 1.82) is 0 Å². The van der Waals surface area contributed by atoms with Crippen LogP contribution in [0.4, 0.5) is 11.4 Å². The molecule has 0 saturated heterocycles. The molecule has 0 radical (unpaired) electrons. The molecule has 0 aromatic heterocycles. The molecule has 5 rings (SSSR count). The van der Waals surface area contributed by atoms with Crippen LogP contribution in [-0.2, 0) is 10.0 Å². The third kappa shape index (κ3) is 4.01. The Labute approximate surface area is 198 Å². The van der Waals surface area contributed by atoms with Gasteiger partial charge in [0.25, 0.3) is 10.0 Å². The third-order valence-corrected chi connectivity index (χ3v) is 7.85. The minimum atomic E-state index is -3.80. The smallest absolute Gasteiger partial charge is 0.261 e. The lowest BCUT2D eigenvalue weighted by molar-refractivity contribution is -0.255. The van der Waals surface area contributed by atoms with Gasteiger partial charge in [0.2, 0.25) is 0 Å². The molecule has 3 aromatic rings. The monoisotopic (exact) mass is 475 g/mol. The lowest BCUT2D eigenvalue weighted by Crippen LogP contribution is -2.29. The Hall–Kier alpha value is -3.78. The van der Waals surface area contributed by atoms with Gasteiger partial charge in [0.15, 0.2) is 0 Å². The molecule has 0 bridgehead atoms. The number of rotatable bonds is 6. The Morgan fingerprint density at radius 3 is 2.62 bits per heavy atom. The second-order valence-electron chi connectivity index (χ2n) is 8.47. The SMILES string of the molecule is COc1cccc(NS(=O)(=O)c2ccc3c(c2)[C@H]2C=CC[C@@H]2[C@H](c2ccc(C(=O)[O-])cc2)N3)c1. The van der Waals surface area contributed by atoms with Crippen molar-refractivity contribution in [3.05, 3.63) is 95.6 Å². The van der Waals surface area contributed by atoms with E-state index in [0.717, 1.165) is 23.2 Å². The molecule has 2 aliphatic rings. The van der Waals surface area contributed by atoms with E-state index in [1.54, 1.807) is 66.7 Å². The Morgan fingerprint density at radius 2 is 1.88 bits per heavy atom. The molecular formula is C26H23N2O5S-. The average Bonchev–Trinajstić information content (AvgIpc) is 3.33. The fourth-order valence-electron chi connectivity index (χ4n) is 4.80. The van der Waals surface area contributed by atoms with E-state index in [0.29, 0.717) is 11.4 Å². The number of carboxylic acid groups (broad SMARTS) is 1. The first-order chi connectivity index (χ1) is 16.4. The van der Waals surface area contributed by atoms with Gasteiger partial charge in [0.05, 0.1) is 29.7 Å². The molecule has 0 fully saturated rings. The first-order valence-electron chi connectivity index (χ1n) is 10.9. The molecule has 0 spiro atoms. The number of methoxy groups -OCH3 is 1. The van der Waals surface area contributed by atoms with Crippen LogP contribution in [-0.4, -0.2) is 21.5 Å². The van der Waals surface area contributed by atoms with Crippen LogP contribution in [0.1, 0.15) is 39.9 Å². The predicted molar refractivity (Wildman–Crippen MR) is 127 cm³/mol. The number of allylic oxidation sites excluding steroid dienone is 2. The van der Waals surface area contributed by atoms with Crippen molar-refractivity contribution >= 4 is 27.4 Å². The molecule has 0 amide bonds. The number of hydrogen-bond donors (Lipinski definition) is 2. The van der Waals surface area contributed by atoms with Crippen LogP contribution >= 0.6 is 0 Å². The fraction of sp³-hybridized carbons (Fsp3) is 0.192. The zero-order valence-electron chi connectivity index (χ0n) is 18.4. The number of aromatic carboxylic acids is 1. The molecule has 3 aromatic carbocycles. The highest BCUT2D eigenvalue weighted by atomic mass is 32.2. The van der Waals surface area contributed by atoms with E-state index in [1.165, 1.54) is 7.11 Å². The van der Waals surface area contributed by atoms with Gasteiger partial charge in [-0.3, -0.25) is 4.72 Å². The second-order valence-corrected chi connectivity index (χ2v) is 10.2. The molecule has 0 unspecified atom stereocenters. The summed E-state index contributed by atoms with van der Waals surface area (Å²) in [5.74, 6) is -0.405. The number of ether oxygens (including phenoxy) is 1. The third-order valence-electron chi connectivity index (χ3n) is 6.47. The standard InChI is InChI=1S/C26H24N2O5S/c1-33-19-5-2-4-18(14-19)28-34(31,32)20-12-13-24-23(15-20)21-6-3-7-22(21)25(27-24)16-8-10-17(11-9-16)26(29)30/h2-6,8-15,21-22,25,27-28H,7H2,1H3,(H,29,30)/p-1/t21-,22-,25-/m0/s1. The van der Waals surface area contributed by atoms with E-state index >= 15 is 0 Å². The highest BCUT2D eigenvalue weighted by molar-refractivity contribution is 7.92. The van der Waals surface area contributed by atoms with Crippen LogP contribution in [0.2, 0.25) is 0 Å². The number of anilines is 2. The van der Waals surface area contributed by atoms with E-state index in [-0.39, 0.29) is 28.3 Å². The summed E-state index contributed by atoms with van der Waals surface area (Å²) in [7, 11) is -2.27. The normalized spacial score (nSPS) is 20.7. The van der Waals surface area contributed by atoms with Crippen LogP contribution in [0.25, 0.3) is 0 Å². The van der Waals surface area contributed by atoms with Crippen molar-refractivity contribution in [1.82, 2.24) is 0 Å². The summed E-state index contributed by atoms with van der Waals surface area (Å²) in [5, 5.41) is 14.6. The molecule has 8 heteroatoms. The van der Waals surface area contributed by atoms with Gasteiger partial charge in [0.1, 0.15) is 5.75 Å². The quantitative estimate of drug-likeness (QED) is 0.527. The summed E-state index contributed by atoms with van der Waals surface area (Å²) < 4.78 is 34.0. The van der Waals surface area contributed by atoms with Gasteiger partial charge in [-0.15, -0.1) is 0 Å². The van der Waals surface area contributed by atoms with Gasteiger partial charge < -0.3 is 20.0 Å². The van der Waals surface area contributed by atoms with Gasteiger partial charge >= 0.3 is 0 Å². The average molecular weight is 476 g/mol. The summed E-state index contributed by atoms with van der Waals surface area (Å²) in [6.45, 7) is 0. The largest absolute Gasteiger partial charge is 0.545 e. The van der Waals surface area contributed by atoms with Crippen LogP contribution in [0.5, 0.6) is 5.75 Å². The zero-order valence-corrected chi connectivity index (χ0v) is 19.2. The minimum Gasteiger partial charge on any atom is -0.545 e. The Morgan fingerprint density at radius 1 is 1.09 bits per heavy atom. The highest BCUT2D eigenvalue weighted by Crippen LogP contribution is 2.50. The Bertz CT molecular complexity index is 1380. The number of nitrogens with one attached hydrogen (secondary N) is 2. The van der Waals surface area contributed by atoms with Gasteiger partial charge in [-0.25, -0.2) is 8.42 Å². The van der Waals surface area contributed by atoms with Gasteiger partial charge in [0, 0.05) is 17.7 Å². The first-order valence-corrected chi connectivity index (χ1v) is 12.4. The van der Waals surface area contributed by atoms with Crippen molar-refractivity contribution in [2.24, 2.45) is 5.92 Å². The number of benzene rings is 3. The maximum atomic E-state index is 13.1. The Balaban J connectivity index is 1.45. The van der Waals surface area contributed by atoms with E-state index in [4.69, 9.17) is 4.74 Å². The predicted octanol–water partition coefficient (Wildman–Crippen LogP) is 3.69. The highest BCUT2D eigenvalue weighted by Gasteiger charge is 2.38. The lowest BCUT2D eigenvalue weighted by Gasteiger charge is -2.37. The van der Waals surface area contributed by atoms with E-state index < -0.39 is 16.0 Å². The summed E-state index contributed by atoms with van der Waals surface area (Å²) >= 11 is 0. The van der Waals surface area contributed by atoms with E-state index in [1.807, 2.05) is 0 Å². The number of fused-ring (bicyclic) bond motifs is 3. The lowest BCUT2D eigenvalue weighted by atomic mass is 9.77. The second kappa shape index (κ2) is 8.53. The number of hydrogen-bond acceptors (Lipinski definition) is 6. The minimum absolute atomic E-state index is 0.0272. The molecular weight excluding hydrogens is 452 g/mol. The van der Waals surface area contributed by atoms with Crippen LogP contribution in [0.15, 0.2) is 83.8 Å². The number of carbonyl (C=O) groups excluding carboxylic acids is 1. The summed E-state index contributed by atoms with van der Waals surface area (Å²) in [6, 6.07) is 18.6. The molecule has 1 aliphatic carbocycles. The molecule has 174 valence electrons. The summed E-state index contributed by atoms with van der Waals surface area (Å²) in [4.78, 5) is 11.3. The van der Waals surface area contributed by atoms with Crippen molar-refractivity contribution in [3.8, 4) is 5.75 Å². The van der Waals surface area contributed by atoms with Gasteiger partial charge in [-0.2, -0.15) is 0 Å². The van der Waals surface area contributed by atoms with Crippen LogP contribution in [0, 0.1) is 5.92 Å². The van der Waals surface area contributed by atoms with Crippen LogP contribution in [0.3, 0.4) is 0 Å². The van der Waals surface area contributed by atoms with Crippen molar-refractivity contribution in [2.75, 3.05) is 17.1 Å². The van der Waals surface area contributed by atoms with Crippen molar-refractivity contribution in [3.63, 3.8) is 0 Å². The van der Waals surface area contributed by atoms with E-state index in [9.17, 15) is 18.3 Å². The topological polar surface area (TPSA) is 108 Å². The summed E-state index contributed by atoms with van der Waals surface area (Å²) in [5.41, 5.74) is 3.33. The molecule has 2 N–H and O–H groups in total. The molecule has 1 aliphatic heterocycles. The summed E-state index contributed by atoms with van der Waals surface area (Å²) in [6.07, 6.45) is 5.08. The number of carboxylic acids is 1. The first kappa shape index (κ1) is 22.0. The number of carbonyl (C=O) groups is 1. The molecule has 1 heterocycles. The maximum Gasteiger partial charge on any atom is 0.261 e. The zero-order chi connectivity index (χ0) is 23.9. The maximum absolute atomic E-state index is 13.1. The van der Waals surface area contributed by atoms with Crippen molar-refractivity contribution < 1.29 is 23.1 Å². The van der Waals surface area contributed by atoms with Crippen molar-refractivity contribution in [2.45, 2.75) is 23.3 Å². The molecule has 0 saturated carbocycles. The number of sulfonamides is 1. The van der Waals surface area contributed by atoms with Crippen LogP contribution < -0.4 is 19.9 Å². The molecule has 34 heavy (non-hydrogen) atoms. The van der Waals surface area contributed by atoms with Gasteiger partial charge in [-0.05, 0) is 59.4 Å². The molecule has 3 atom stereocenters.